The molecule has 3 N–H and O–H groups in total. The molecule has 1 aromatic rings. The number of ketones is 1. The van der Waals surface area contributed by atoms with Crippen LogP contribution in [0.5, 0.6) is 0 Å². The molecule has 0 radical (unpaired) electrons. The highest BCUT2D eigenvalue weighted by molar-refractivity contribution is 6.12. The second-order valence-corrected chi connectivity index (χ2v) is 7.31. The zero-order valence-corrected chi connectivity index (χ0v) is 14.2. The van der Waals surface area contributed by atoms with E-state index in [1.54, 1.807) is 29.2 Å². The molecule has 128 valence electrons. The van der Waals surface area contributed by atoms with Crippen LogP contribution in [0.15, 0.2) is 24.3 Å². The maximum atomic E-state index is 13.1. The first-order chi connectivity index (χ1) is 11.3. The molecule has 1 saturated heterocycles. The van der Waals surface area contributed by atoms with Crippen molar-refractivity contribution in [3.05, 3.63) is 35.4 Å². The van der Waals surface area contributed by atoms with Crippen molar-refractivity contribution in [1.29, 1.82) is 0 Å². The molecular formula is C18H23N3O3. The van der Waals surface area contributed by atoms with E-state index >= 15 is 0 Å². The number of carbonyl (C=O) groups excluding carboxylic acids is 3. The summed E-state index contributed by atoms with van der Waals surface area (Å²) < 4.78 is 0. The van der Waals surface area contributed by atoms with Crippen molar-refractivity contribution in [1.82, 2.24) is 10.2 Å². The van der Waals surface area contributed by atoms with Gasteiger partial charge in [-0.25, -0.2) is 0 Å². The summed E-state index contributed by atoms with van der Waals surface area (Å²) in [5.74, 6) is -0.527. The molecule has 6 heteroatoms. The summed E-state index contributed by atoms with van der Waals surface area (Å²) in [5, 5.41) is 2.93. The van der Waals surface area contributed by atoms with Crippen LogP contribution in [0, 0.1) is 11.3 Å². The second-order valence-electron chi connectivity index (χ2n) is 7.31. The molecule has 0 spiro atoms. The van der Waals surface area contributed by atoms with Crippen molar-refractivity contribution in [2.45, 2.75) is 32.9 Å². The van der Waals surface area contributed by atoms with E-state index in [0.717, 1.165) is 0 Å². The van der Waals surface area contributed by atoms with Gasteiger partial charge < -0.3 is 16.0 Å². The number of amides is 2. The largest absolute Gasteiger partial charge is 0.346 e. The van der Waals surface area contributed by atoms with E-state index in [-0.39, 0.29) is 30.1 Å². The summed E-state index contributed by atoms with van der Waals surface area (Å²) in [7, 11) is 0. The summed E-state index contributed by atoms with van der Waals surface area (Å²) in [4.78, 5) is 39.7. The molecule has 3 rings (SSSR count). The Kier molecular flexibility index (Phi) is 3.95. The molecule has 0 aliphatic carbocycles. The molecule has 2 amide bonds. The number of hydrogen-bond donors (Lipinski definition) is 2. The summed E-state index contributed by atoms with van der Waals surface area (Å²) in [6, 6.07) is 5.81. The Labute approximate surface area is 141 Å². The van der Waals surface area contributed by atoms with Gasteiger partial charge in [-0.05, 0) is 18.9 Å². The maximum absolute atomic E-state index is 13.1. The molecule has 0 bridgehead atoms. The lowest BCUT2D eigenvalue weighted by molar-refractivity contribution is -0.132. The number of nitrogens with one attached hydrogen (secondary N) is 1. The Hall–Kier alpha value is -2.21. The number of hydrogen-bond acceptors (Lipinski definition) is 4. The van der Waals surface area contributed by atoms with E-state index in [2.05, 4.69) is 5.32 Å². The van der Waals surface area contributed by atoms with Crippen molar-refractivity contribution in [3.63, 3.8) is 0 Å². The Morgan fingerprint density at radius 1 is 1.29 bits per heavy atom. The molecule has 6 nitrogen and oxygen atoms in total. The van der Waals surface area contributed by atoms with Gasteiger partial charge in [-0.2, -0.15) is 0 Å². The minimum Gasteiger partial charge on any atom is -0.346 e. The van der Waals surface area contributed by atoms with Crippen LogP contribution in [0.1, 0.15) is 41.5 Å². The normalized spacial score (nSPS) is 27.4. The van der Waals surface area contributed by atoms with E-state index in [0.29, 0.717) is 17.7 Å². The minimum absolute atomic E-state index is 0.0155. The molecule has 0 aromatic heterocycles. The predicted molar refractivity (Wildman–Crippen MR) is 89.5 cm³/mol. The average Bonchev–Trinajstić information content (AvgIpc) is 2.87. The molecular weight excluding hydrogens is 306 g/mol. The molecule has 24 heavy (non-hydrogen) atoms. The Morgan fingerprint density at radius 3 is 2.54 bits per heavy atom. The Bertz CT molecular complexity index is 715. The van der Waals surface area contributed by atoms with Crippen LogP contribution < -0.4 is 11.1 Å². The predicted octanol–water partition coefficient (Wildman–Crippen LogP) is 0.813. The SMILES string of the molecule is CC(C)[C@@H](N)C(=O)N1C[C@H]2NC(=O)c3ccccc3C(=O)[C@@]2(C)C1. The molecule has 1 fully saturated rings. The first kappa shape index (κ1) is 16.6. The number of likely N-dealkylation sites (tertiary alicyclic amines) is 1. The van der Waals surface area contributed by atoms with Crippen LogP contribution in [0.25, 0.3) is 0 Å². The molecule has 2 aliphatic rings. The third kappa shape index (κ3) is 2.41. The Morgan fingerprint density at radius 2 is 1.92 bits per heavy atom. The highest BCUT2D eigenvalue weighted by Crippen LogP contribution is 2.37. The number of nitrogens with two attached hydrogens (primary N) is 1. The fraction of sp³-hybridized carbons (Fsp3) is 0.500. The van der Waals surface area contributed by atoms with Crippen LogP contribution in [0.4, 0.5) is 0 Å². The molecule has 2 heterocycles. The Balaban J connectivity index is 1.95. The van der Waals surface area contributed by atoms with Crippen molar-refractivity contribution >= 4 is 17.6 Å². The van der Waals surface area contributed by atoms with Crippen molar-refractivity contribution < 1.29 is 14.4 Å². The third-order valence-electron chi connectivity index (χ3n) is 5.25. The first-order valence-corrected chi connectivity index (χ1v) is 8.24. The van der Waals surface area contributed by atoms with Crippen LogP contribution in [-0.2, 0) is 4.79 Å². The van der Waals surface area contributed by atoms with Gasteiger partial charge in [0.15, 0.2) is 5.78 Å². The van der Waals surface area contributed by atoms with Crippen LogP contribution in [0.2, 0.25) is 0 Å². The van der Waals surface area contributed by atoms with E-state index < -0.39 is 17.5 Å². The average molecular weight is 329 g/mol. The fourth-order valence-corrected chi connectivity index (χ4v) is 3.51. The molecule has 3 atom stereocenters. The lowest BCUT2D eigenvalue weighted by atomic mass is 9.78. The summed E-state index contributed by atoms with van der Waals surface area (Å²) >= 11 is 0. The smallest absolute Gasteiger partial charge is 0.252 e. The van der Waals surface area contributed by atoms with Gasteiger partial charge in [0.1, 0.15) is 0 Å². The molecule has 0 unspecified atom stereocenters. The second kappa shape index (κ2) is 5.70. The number of rotatable bonds is 2. The summed E-state index contributed by atoms with van der Waals surface area (Å²) in [6.07, 6.45) is 0. The lowest BCUT2D eigenvalue weighted by Gasteiger charge is -2.27. The van der Waals surface area contributed by atoms with Gasteiger partial charge >= 0.3 is 0 Å². The van der Waals surface area contributed by atoms with Crippen molar-refractivity contribution in [2.75, 3.05) is 13.1 Å². The third-order valence-corrected chi connectivity index (χ3v) is 5.25. The van der Waals surface area contributed by atoms with Crippen LogP contribution >= 0.6 is 0 Å². The quantitative estimate of drug-likeness (QED) is 0.840. The van der Waals surface area contributed by atoms with Gasteiger partial charge in [-0.3, -0.25) is 14.4 Å². The minimum atomic E-state index is -0.839. The van der Waals surface area contributed by atoms with E-state index in [1.807, 2.05) is 20.8 Å². The molecule has 1 aromatic carbocycles. The van der Waals surface area contributed by atoms with E-state index in [9.17, 15) is 14.4 Å². The first-order valence-electron chi connectivity index (χ1n) is 8.24. The zero-order valence-electron chi connectivity index (χ0n) is 14.2. The summed E-state index contributed by atoms with van der Waals surface area (Å²) in [6.45, 7) is 6.17. The van der Waals surface area contributed by atoms with Gasteiger partial charge in [-0.1, -0.05) is 32.0 Å². The zero-order chi connectivity index (χ0) is 17.6. The molecule has 2 aliphatic heterocycles. The van der Waals surface area contributed by atoms with Crippen molar-refractivity contribution in [3.8, 4) is 0 Å². The van der Waals surface area contributed by atoms with E-state index in [4.69, 9.17) is 5.73 Å². The van der Waals surface area contributed by atoms with Gasteiger partial charge in [0, 0.05) is 18.7 Å². The van der Waals surface area contributed by atoms with Gasteiger partial charge in [0.2, 0.25) is 5.91 Å². The highest BCUT2D eigenvalue weighted by Gasteiger charge is 2.53. The standard InChI is InChI=1S/C18H23N3O3/c1-10(2)14(19)17(24)21-8-13-18(3,9-21)15(22)11-6-4-5-7-12(11)16(23)20-13/h4-7,10,13-14H,8-9,19H2,1-3H3,(H,20,23)/t13-,14-,18+/m1/s1. The number of Topliss-reactive ketones (excluding diaryl/α,β-unsaturated/α-hetero) is 1. The maximum Gasteiger partial charge on any atom is 0.252 e. The van der Waals surface area contributed by atoms with Gasteiger partial charge in [0.05, 0.1) is 23.1 Å². The number of nitrogens with zero attached hydrogens (tertiary/aromatic N) is 1. The number of carbonyl (C=O) groups is 3. The lowest BCUT2D eigenvalue weighted by Crippen LogP contribution is -2.47. The number of benzene rings is 1. The molecule has 0 saturated carbocycles. The van der Waals surface area contributed by atoms with Crippen molar-refractivity contribution in [2.24, 2.45) is 17.1 Å². The summed E-state index contributed by atoms with van der Waals surface area (Å²) in [5.41, 5.74) is 5.96. The highest BCUT2D eigenvalue weighted by atomic mass is 16.2. The topological polar surface area (TPSA) is 92.5 Å². The van der Waals surface area contributed by atoms with E-state index in [1.165, 1.54) is 0 Å². The van der Waals surface area contributed by atoms with Crippen LogP contribution in [0.3, 0.4) is 0 Å². The number of fused-ring (bicyclic) bond motifs is 2. The fourth-order valence-electron chi connectivity index (χ4n) is 3.51. The van der Waals surface area contributed by atoms with Gasteiger partial charge in [0.25, 0.3) is 5.91 Å². The monoisotopic (exact) mass is 329 g/mol. The van der Waals surface area contributed by atoms with Gasteiger partial charge in [-0.15, -0.1) is 0 Å². The van der Waals surface area contributed by atoms with Crippen LogP contribution in [-0.4, -0.2) is 47.7 Å².